The number of carbonyl (C=O) groups is 3. The molecule has 1 aliphatic heterocycles. The number of hydrogen-bond acceptors (Lipinski definition) is 4. The number of carbonyl (C=O) groups excluding carboxylic acids is 3. The van der Waals surface area contributed by atoms with E-state index in [1.165, 1.54) is 0 Å². The second-order valence-corrected chi connectivity index (χ2v) is 5.36. The molecule has 1 fully saturated rings. The van der Waals surface area contributed by atoms with Crippen molar-refractivity contribution in [1.29, 1.82) is 0 Å². The van der Waals surface area contributed by atoms with Gasteiger partial charge in [0.1, 0.15) is 0 Å². The van der Waals surface area contributed by atoms with Gasteiger partial charge in [-0.3, -0.25) is 25.2 Å². The maximum atomic E-state index is 11.9. The summed E-state index contributed by atoms with van der Waals surface area (Å²) in [7, 11) is 0. The van der Waals surface area contributed by atoms with Crippen molar-refractivity contribution in [3.63, 3.8) is 0 Å². The highest BCUT2D eigenvalue weighted by atomic mass is 16.5. The Balaban J connectivity index is 1.69. The quantitative estimate of drug-likeness (QED) is 0.786. The lowest BCUT2D eigenvalue weighted by Crippen LogP contribution is -2.43. The maximum Gasteiger partial charge on any atom is 0.269 e. The van der Waals surface area contributed by atoms with Crippen molar-refractivity contribution >= 4 is 17.7 Å². The summed E-state index contributed by atoms with van der Waals surface area (Å²) in [6.45, 7) is 4.11. The van der Waals surface area contributed by atoms with E-state index < -0.39 is 11.8 Å². The van der Waals surface area contributed by atoms with Crippen molar-refractivity contribution in [3.05, 3.63) is 35.4 Å². The number of hydrogen-bond donors (Lipinski definition) is 2. The minimum Gasteiger partial charge on any atom is -0.378 e. The van der Waals surface area contributed by atoms with E-state index in [0.29, 0.717) is 31.9 Å². The highest BCUT2D eigenvalue weighted by molar-refractivity contribution is 5.95. The van der Waals surface area contributed by atoms with Crippen LogP contribution in [-0.2, 0) is 14.3 Å². The van der Waals surface area contributed by atoms with Gasteiger partial charge in [-0.05, 0) is 19.1 Å². The van der Waals surface area contributed by atoms with Crippen LogP contribution in [0.4, 0.5) is 0 Å². The number of hydrazine groups is 1. The van der Waals surface area contributed by atoms with Gasteiger partial charge in [0.05, 0.1) is 13.2 Å². The normalized spacial score (nSPS) is 14.2. The Morgan fingerprint density at radius 2 is 1.70 bits per heavy atom. The van der Waals surface area contributed by atoms with Crippen LogP contribution in [0, 0.1) is 6.92 Å². The van der Waals surface area contributed by atoms with Crippen molar-refractivity contribution in [3.8, 4) is 0 Å². The molecule has 7 heteroatoms. The van der Waals surface area contributed by atoms with E-state index in [1.807, 2.05) is 19.1 Å². The first-order valence-corrected chi connectivity index (χ1v) is 7.57. The van der Waals surface area contributed by atoms with Gasteiger partial charge in [0, 0.05) is 31.5 Å². The fourth-order valence-corrected chi connectivity index (χ4v) is 2.16. The topological polar surface area (TPSA) is 87.7 Å². The zero-order chi connectivity index (χ0) is 16.7. The zero-order valence-corrected chi connectivity index (χ0v) is 13.1. The lowest BCUT2D eigenvalue weighted by molar-refractivity contribution is -0.137. The molecule has 2 N–H and O–H groups in total. The molecule has 3 amide bonds. The molecule has 0 unspecified atom stereocenters. The minimum absolute atomic E-state index is 0.0321. The van der Waals surface area contributed by atoms with Gasteiger partial charge < -0.3 is 9.64 Å². The Bertz CT molecular complexity index is 565. The SMILES string of the molecule is Cc1ccc(C(=O)NNC(=O)CCC(=O)N2CCOCC2)cc1. The Labute approximate surface area is 135 Å². The first kappa shape index (κ1) is 17.0. The van der Waals surface area contributed by atoms with Crippen LogP contribution in [0.2, 0.25) is 0 Å². The van der Waals surface area contributed by atoms with E-state index in [9.17, 15) is 14.4 Å². The van der Waals surface area contributed by atoms with Crippen molar-refractivity contribution in [1.82, 2.24) is 15.8 Å². The van der Waals surface area contributed by atoms with E-state index >= 15 is 0 Å². The number of amides is 3. The van der Waals surface area contributed by atoms with Gasteiger partial charge in [0.15, 0.2) is 0 Å². The summed E-state index contributed by atoms with van der Waals surface area (Å²) in [5, 5.41) is 0. The molecule has 0 bridgehead atoms. The highest BCUT2D eigenvalue weighted by Crippen LogP contribution is 2.03. The third-order valence-electron chi connectivity index (χ3n) is 3.56. The lowest BCUT2D eigenvalue weighted by atomic mass is 10.1. The Hall–Kier alpha value is -2.41. The molecule has 7 nitrogen and oxygen atoms in total. The molecular weight excluding hydrogens is 298 g/mol. The predicted octanol–water partition coefficient (Wildman–Crippen LogP) is 0.395. The molecule has 1 aromatic carbocycles. The summed E-state index contributed by atoms with van der Waals surface area (Å²) >= 11 is 0. The average Bonchev–Trinajstić information content (AvgIpc) is 2.59. The molecule has 23 heavy (non-hydrogen) atoms. The molecule has 124 valence electrons. The molecule has 1 saturated heterocycles. The molecular formula is C16H21N3O4. The first-order chi connectivity index (χ1) is 11.1. The van der Waals surface area contributed by atoms with Crippen LogP contribution in [-0.4, -0.2) is 48.9 Å². The number of ether oxygens (including phenoxy) is 1. The Morgan fingerprint density at radius 3 is 2.35 bits per heavy atom. The van der Waals surface area contributed by atoms with Gasteiger partial charge in [-0.15, -0.1) is 0 Å². The minimum atomic E-state index is -0.396. The molecule has 0 aromatic heterocycles. The van der Waals surface area contributed by atoms with Crippen LogP contribution in [0.5, 0.6) is 0 Å². The number of benzene rings is 1. The number of rotatable bonds is 4. The van der Waals surface area contributed by atoms with Crippen LogP contribution in [0.1, 0.15) is 28.8 Å². The number of nitrogens with zero attached hydrogens (tertiary/aromatic N) is 1. The van der Waals surface area contributed by atoms with Crippen molar-refractivity contribution in [2.24, 2.45) is 0 Å². The summed E-state index contributed by atoms with van der Waals surface area (Å²) in [6, 6.07) is 6.99. The zero-order valence-electron chi connectivity index (χ0n) is 13.1. The monoisotopic (exact) mass is 319 g/mol. The maximum absolute atomic E-state index is 11.9. The van der Waals surface area contributed by atoms with Gasteiger partial charge >= 0.3 is 0 Å². The van der Waals surface area contributed by atoms with Crippen LogP contribution in [0.3, 0.4) is 0 Å². The van der Waals surface area contributed by atoms with E-state index in [4.69, 9.17) is 4.74 Å². The van der Waals surface area contributed by atoms with E-state index in [1.54, 1.807) is 17.0 Å². The smallest absolute Gasteiger partial charge is 0.269 e. The standard InChI is InChI=1S/C16H21N3O4/c1-12-2-4-13(5-3-12)16(22)18-17-14(20)6-7-15(21)19-8-10-23-11-9-19/h2-5H,6-11H2,1H3,(H,17,20)(H,18,22). The molecule has 0 aliphatic carbocycles. The Kier molecular flexibility index (Phi) is 6.10. The van der Waals surface area contributed by atoms with Gasteiger partial charge in [0.25, 0.3) is 5.91 Å². The van der Waals surface area contributed by atoms with Crippen molar-refractivity contribution < 1.29 is 19.1 Å². The number of morpholine rings is 1. The molecule has 1 aromatic rings. The van der Waals surface area contributed by atoms with E-state index in [2.05, 4.69) is 10.9 Å². The van der Waals surface area contributed by atoms with Crippen molar-refractivity contribution in [2.45, 2.75) is 19.8 Å². The van der Waals surface area contributed by atoms with Gasteiger partial charge in [-0.1, -0.05) is 17.7 Å². The molecule has 1 aliphatic rings. The fourth-order valence-electron chi connectivity index (χ4n) is 2.16. The lowest BCUT2D eigenvalue weighted by Gasteiger charge is -2.26. The van der Waals surface area contributed by atoms with Crippen LogP contribution < -0.4 is 10.9 Å². The Morgan fingerprint density at radius 1 is 1.04 bits per heavy atom. The fraction of sp³-hybridized carbons (Fsp3) is 0.438. The number of aryl methyl sites for hydroxylation is 1. The third-order valence-corrected chi connectivity index (χ3v) is 3.56. The third kappa shape index (κ3) is 5.37. The largest absolute Gasteiger partial charge is 0.378 e. The molecule has 0 radical (unpaired) electrons. The van der Waals surface area contributed by atoms with E-state index in [0.717, 1.165) is 5.56 Å². The summed E-state index contributed by atoms with van der Waals surface area (Å²) in [5.41, 5.74) is 6.16. The van der Waals surface area contributed by atoms with Gasteiger partial charge in [0.2, 0.25) is 11.8 Å². The second-order valence-electron chi connectivity index (χ2n) is 5.36. The van der Waals surface area contributed by atoms with Gasteiger partial charge in [-0.2, -0.15) is 0 Å². The molecule has 1 heterocycles. The predicted molar refractivity (Wildman–Crippen MR) is 83.4 cm³/mol. The average molecular weight is 319 g/mol. The summed E-state index contributed by atoms with van der Waals surface area (Å²) in [5.74, 6) is -0.863. The van der Waals surface area contributed by atoms with Gasteiger partial charge in [-0.25, -0.2) is 0 Å². The molecule has 0 spiro atoms. The molecule has 0 atom stereocenters. The summed E-state index contributed by atoms with van der Waals surface area (Å²) < 4.78 is 5.17. The summed E-state index contributed by atoms with van der Waals surface area (Å²) in [6.07, 6.45) is 0.149. The van der Waals surface area contributed by atoms with Crippen molar-refractivity contribution in [2.75, 3.05) is 26.3 Å². The van der Waals surface area contributed by atoms with Crippen LogP contribution in [0.25, 0.3) is 0 Å². The molecule has 0 saturated carbocycles. The number of nitrogens with one attached hydrogen (secondary N) is 2. The van der Waals surface area contributed by atoms with Crippen LogP contribution >= 0.6 is 0 Å². The molecule has 2 rings (SSSR count). The second kappa shape index (κ2) is 8.28. The first-order valence-electron chi connectivity index (χ1n) is 7.57. The van der Waals surface area contributed by atoms with E-state index in [-0.39, 0.29) is 18.7 Å². The van der Waals surface area contributed by atoms with Crippen LogP contribution in [0.15, 0.2) is 24.3 Å². The summed E-state index contributed by atoms with van der Waals surface area (Å²) in [4.78, 5) is 37.1. The highest BCUT2D eigenvalue weighted by Gasteiger charge is 2.17.